The van der Waals surface area contributed by atoms with E-state index in [4.69, 9.17) is 4.74 Å². The second-order valence-corrected chi connectivity index (χ2v) is 7.04. The highest BCUT2D eigenvalue weighted by molar-refractivity contribution is 7.07. The molecule has 3 heterocycles. The molecule has 0 bridgehead atoms. The molecule has 28 heavy (non-hydrogen) atoms. The van der Waals surface area contributed by atoms with Crippen molar-refractivity contribution in [2.75, 3.05) is 0 Å². The molecule has 4 rings (SSSR count). The number of aromatic nitrogens is 5. The van der Waals surface area contributed by atoms with Gasteiger partial charge in [0.25, 0.3) is 5.19 Å². The van der Waals surface area contributed by atoms with Crippen molar-refractivity contribution in [3.8, 4) is 22.3 Å². The predicted octanol–water partition coefficient (Wildman–Crippen LogP) is 4.87. The Morgan fingerprint density at radius 1 is 1.11 bits per heavy atom. The van der Waals surface area contributed by atoms with Gasteiger partial charge >= 0.3 is 0 Å². The third-order valence-electron chi connectivity index (χ3n) is 4.36. The van der Waals surface area contributed by atoms with Gasteiger partial charge in [-0.3, -0.25) is 4.98 Å². The van der Waals surface area contributed by atoms with E-state index in [2.05, 4.69) is 49.9 Å². The Morgan fingerprint density at radius 2 is 2.00 bits per heavy atom. The molecule has 4 aromatic rings. The molecular formula is C20H20ClN5OS. The Balaban J connectivity index is 0.00000225. The summed E-state index contributed by atoms with van der Waals surface area (Å²) < 4.78 is 12.5. The van der Waals surface area contributed by atoms with E-state index < -0.39 is 0 Å². The Kier molecular flexibility index (Phi) is 6.38. The van der Waals surface area contributed by atoms with Crippen LogP contribution in [0, 0.1) is 13.8 Å². The van der Waals surface area contributed by atoms with E-state index in [0.717, 1.165) is 29.8 Å². The molecule has 0 aliphatic heterocycles. The fourth-order valence-electron chi connectivity index (χ4n) is 2.85. The van der Waals surface area contributed by atoms with Crippen molar-refractivity contribution in [2.45, 2.75) is 26.8 Å². The Bertz CT molecular complexity index is 1030. The van der Waals surface area contributed by atoms with Gasteiger partial charge in [0.1, 0.15) is 5.75 Å². The van der Waals surface area contributed by atoms with Gasteiger partial charge in [-0.25, -0.2) is 4.98 Å². The zero-order chi connectivity index (χ0) is 18.6. The van der Waals surface area contributed by atoms with Crippen LogP contribution in [0.2, 0.25) is 0 Å². The van der Waals surface area contributed by atoms with Crippen molar-refractivity contribution in [1.82, 2.24) is 23.9 Å². The average molecular weight is 414 g/mol. The number of nitrogens with zero attached hydrogens (tertiary/aromatic N) is 5. The van der Waals surface area contributed by atoms with E-state index >= 15 is 0 Å². The molecule has 0 aliphatic carbocycles. The van der Waals surface area contributed by atoms with Gasteiger partial charge in [0.2, 0.25) is 0 Å². The fraction of sp³-hybridized carbons (Fsp3) is 0.200. The molecule has 0 radical (unpaired) electrons. The summed E-state index contributed by atoms with van der Waals surface area (Å²) in [7, 11) is 0. The maximum absolute atomic E-state index is 6.01. The summed E-state index contributed by atoms with van der Waals surface area (Å²) in [5, 5.41) is 0.530. The lowest BCUT2D eigenvalue weighted by Gasteiger charge is -2.12. The number of hydrogen-bond donors (Lipinski definition) is 0. The Hall–Kier alpha value is -2.77. The molecule has 144 valence electrons. The van der Waals surface area contributed by atoms with Crippen molar-refractivity contribution >= 4 is 23.9 Å². The number of imidazole rings is 1. The first kappa shape index (κ1) is 20.0. The third-order valence-corrected chi connectivity index (χ3v) is 4.95. The molecule has 8 heteroatoms. The van der Waals surface area contributed by atoms with E-state index in [1.807, 2.05) is 24.7 Å². The van der Waals surface area contributed by atoms with Gasteiger partial charge in [-0.1, -0.05) is 6.07 Å². The molecule has 0 fully saturated rings. The lowest BCUT2D eigenvalue weighted by Crippen LogP contribution is -2.01. The minimum absolute atomic E-state index is 0. The second kappa shape index (κ2) is 8.95. The zero-order valence-corrected chi connectivity index (χ0v) is 17.2. The van der Waals surface area contributed by atoms with Crippen LogP contribution < -0.4 is 4.74 Å². The van der Waals surface area contributed by atoms with Crippen LogP contribution in [-0.2, 0) is 13.0 Å². The van der Waals surface area contributed by atoms with Crippen LogP contribution in [0.1, 0.15) is 16.7 Å². The van der Waals surface area contributed by atoms with E-state index in [0.29, 0.717) is 11.0 Å². The van der Waals surface area contributed by atoms with Crippen LogP contribution in [0.15, 0.2) is 55.4 Å². The first-order valence-corrected chi connectivity index (χ1v) is 9.44. The van der Waals surface area contributed by atoms with Crippen LogP contribution >= 0.6 is 23.9 Å². The van der Waals surface area contributed by atoms with Crippen molar-refractivity contribution in [1.29, 1.82) is 0 Å². The second-order valence-electron chi connectivity index (χ2n) is 6.32. The molecule has 0 spiro atoms. The SMILES string of the molecule is Cc1cc(Oc2nc(-c3cccnc3)ns2)c(C)cc1CCn1ccnc1.Cl. The highest BCUT2D eigenvalue weighted by Crippen LogP contribution is 2.31. The van der Waals surface area contributed by atoms with Gasteiger partial charge in [0.05, 0.1) is 6.33 Å². The van der Waals surface area contributed by atoms with Crippen molar-refractivity contribution in [3.05, 3.63) is 72.1 Å². The highest BCUT2D eigenvalue weighted by atomic mass is 35.5. The number of rotatable bonds is 6. The molecule has 0 atom stereocenters. The summed E-state index contributed by atoms with van der Waals surface area (Å²) in [5.74, 6) is 1.45. The number of pyridine rings is 1. The van der Waals surface area contributed by atoms with Gasteiger partial charge in [-0.2, -0.15) is 9.36 Å². The smallest absolute Gasteiger partial charge is 0.299 e. The van der Waals surface area contributed by atoms with E-state index in [1.54, 1.807) is 18.6 Å². The monoisotopic (exact) mass is 413 g/mol. The van der Waals surface area contributed by atoms with Gasteiger partial charge in [0.15, 0.2) is 5.82 Å². The number of halogens is 1. The molecular weight excluding hydrogens is 394 g/mol. The molecule has 0 aliphatic rings. The van der Waals surface area contributed by atoms with E-state index in [1.165, 1.54) is 22.7 Å². The summed E-state index contributed by atoms with van der Waals surface area (Å²) in [4.78, 5) is 12.7. The van der Waals surface area contributed by atoms with Gasteiger partial charge in [-0.05, 0) is 55.2 Å². The largest absolute Gasteiger partial charge is 0.430 e. The summed E-state index contributed by atoms with van der Waals surface area (Å²) >= 11 is 1.25. The first-order chi connectivity index (χ1) is 13.2. The van der Waals surface area contributed by atoms with Gasteiger partial charge in [-0.15, -0.1) is 12.4 Å². The first-order valence-electron chi connectivity index (χ1n) is 8.67. The molecule has 0 amide bonds. The third kappa shape index (κ3) is 4.55. The number of ether oxygens (including phenoxy) is 1. The summed E-state index contributed by atoms with van der Waals surface area (Å²) in [6.45, 7) is 5.07. The molecule has 0 unspecified atom stereocenters. The number of benzene rings is 1. The highest BCUT2D eigenvalue weighted by Gasteiger charge is 2.12. The minimum atomic E-state index is 0. The maximum Gasteiger partial charge on any atom is 0.299 e. The van der Waals surface area contributed by atoms with Crippen LogP contribution in [0.4, 0.5) is 0 Å². The van der Waals surface area contributed by atoms with Crippen molar-refractivity contribution in [3.63, 3.8) is 0 Å². The molecule has 0 N–H and O–H groups in total. The van der Waals surface area contributed by atoms with Crippen molar-refractivity contribution < 1.29 is 4.74 Å². The van der Waals surface area contributed by atoms with Crippen LogP contribution in [0.5, 0.6) is 10.9 Å². The van der Waals surface area contributed by atoms with Crippen LogP contribution in [0.3, 0.4) is 0 Å². The maximum atomic E-state index is 6.01. The lowest BCUT2D eigenvalue weighted by molar-refractivity contribution is 0.475. The number of hydrogen-bond acceptors (Lipinski definition) is 6. The molecule has 0 saturated heterocycles. The Morgan fingerprint density at radius 3 is 2.75 bits per heavy atom. The fourth-order valence-corrected chi connectivity index (χ4v) is 3.42. The van der Waals surface area contributed by atoms with E-state index in [-0.39, 0.29) is 12.4 Å². The quantitative estimate of drug-likeness (QED) is 0.451. The minimum Gasteiger partial charge on any atom is -0.430 e. The lowest BCUT2D eigenvalue weighted by atomic mass is 10.0. The van der Waals surface area contributed by atoms with Gasteiger partial charge < -0.3 is 9.30 Å². The topological polar surface area (TPSA) is 65.7 Å². The number of aryl methyl sites for hydroxylation is 4. The van der Waals surface area contributed by atoms with E-state index in [9.17, 15) is 0 Å². The summed E-state index contributed by atoms with van der Waals surface area (Å²) in [6, 6.07) is 8.06. The molecule has 0 saturated carbocycles. The zero-order valence-electron chi connectivity index (χ0n) is 15.6. The summed E-state index contributed by atoms with van der Waals surface area (Å²) in [6.07, 6.45) is 10.1. The summed E-state index contributed by atoms with van der Waals surface area (Å²) in [5.41, 5.74) is 4.47. The molecule has 6 nitrogen and oxygen atoms in total. The van der Waals surface area contributed by atoms with Crippen molar-refractivity contribution in [2.24, 2.45) is 0 Å². The van der Waals surface area contributed by atoms with Gasteiger partial charge in [0, 0.05) is 48.4 Å². The Labute approximate surface area is 173 Å². The molecule has 1 aromatic carbocycles. The molecule has 3 aromatic heterocycles. The predicted molar refractivity (Wildman–Crippen MR) is 112 cm³/mol. The van der Waals surface area contributed by atoms with Crippen LogP contribution in [0.25, 0.3) is 11.4 Å². The average Bonchev–Trinajstić information content (AvgIpc) is 3.36. The normalized spacial score (nSPS) is 10.5. The standard InChI is InChI=1S/C20H19N5OS.ClH/c1-14-11-18(15(2)10-16(14)5-8-25-9-7-22-13-25)26-20-23-19(24-27-20)17-4-3-6-21-12-17;/h3-4,6-7,9-13H,5,8H2,1-2H3;1H. The van der Waals surface area contributed by atoms with Crippen LogP contribution in [-0.4, -0.2) is 23.9 Å².